The fourth-order valence-electron chi connectivity index (χ4n) is 6.14. The maximum absolute atomic E-state index is 4.69. The minimum atomic E-state index is 0.905. The lowest BCUT2D eigenvalue weighted by atomic mass is 9.92. The van der Waals surface area contributed by atoms with Gasteiger partial charge in [-0.3, -0.25) is 0 Å². The molecule has 0 aliphatic rings. The molecule has 42 heavy (non-hydrogen) atoms. The van der Waals surface area contributed by atoms with Crippen molar-refractivity contribution in [3.05, 3.63) is 158 Å². The lowest BCUT2D eigenvalue weighted by molar-refractivity contribution is 1.18. The topological polar surface area (TPSA) is 25.8 Å². The lowest BCUT2D eigenvalue weighted by Crippen LogP contribution is -1.91. The third kappa shape index (κ3) is 4.22. The van der Waals surface area contributed by atoms with Crippen LogP contribution in [-0.4, -0.2) is 9.97 Å². The summed E-state index contributed by atoms with van der Waals surface area (Å²) in [5.41, 5.74) is 8.75. The predicted octanol–water partition coefficient (Wildman–Crippen LogP) is 10.6. The summed E-state index contributed by atoms with van der Waals surface area (Å²) in [6.07, 6.45) is 1.67. The average molecular weight is 535 g/mol. The van der Waals surface area contributed by atoms with E-state index in [2.05, 4.69) is 157 Å². The molecule has 0 unspecified atom stereocenters. The first-order valence-corrected chi connectivity index (χ1v) is 14.2. The molecule has 8 rings (SSSR count). The van der Waals surface area contributed by atoms with E-state index >= 15 is 0 Å². The lowest BCUT2D eigenvalue weighted by Gasteiger charge is -2.12. The van der Waals surface area contributed by atoms with Crippen LogP contribution in [0, 0.1) is 0 Å². The number of nitrogens with zero attached hydrogens (tertiary/aromatic N) is 2. The van der Waals surface area contributed by atoms with Crippen molar-refractivity contribution >= 4 is 32.3 Å². The van der Waals surface area contributed by atoms with E-state index in [1.54, 1.807) is 6.33 Å². The monoisotopic (exact) mass is 534 g/mol. The molecule has 0 radical (unpaired) electrons. The van der Waals surface area contributed by atoms with Gasteiger partial charge in [-0.2, -0.15) is 0 Å². The summed E-state index contributed by atoms with van der Waals surface area (Å²) < 4.78 is 0. The zero-order chi connectivity index (χ0) is 27.9. The Balaban J connectivity index is 1.21. The molecule has 196 valence electrons. The van der Waals surface area contributed by atoms with Crippen molar-refractivity contribution in [3.63, 3.8) is 0 Å². The van der Waals surface area contributed by atoms with E-state index in [4.69, 9.17) is 4.98 Å². The van der Waals surface area contributed by atoms with Gasteiger partial charge < -0.3 is 0 Å². The van der Waals surface area contributed by atoms with Crippen LogP contribution < -0.4 is 0 Å². The van der Waals surface area contributed by atoms with Crippen LogP contribution in [0.1, 0.15) is 0 Å². The second-order valence-electron chi connectivity index (χ2n) is 10.7. The van der Waals surface area contributed by atoms with Gasteiger partial charge in [0, 0.05) is 11.1 Å². The molecule has 1 aromatic heterocycles. The maximum atomic E-state index is 4.69. The molecule has 8 aromatic rings. The van der Waals surface area contributed by atoms with E-state index in [1.165, 1.54) is 54.6 Å². The van der Waals surface area contributed by atoms with E-state index in [1.807, 2.05) is 0 Å². The first-order valence-electron chi connectivity index (χ1n) is 14.2. The van der Waals surface area contributed by atoms with Crippen molar-refractivity contribution in [2.45, 2.75) is 0 Å². The molecule has 0 N–H and O–H groups in total. The maximum Gasteiger partial charge on any atom is 0.116 e. The number of hydrogen-bond donors (Lipinski definition) is 0. The molecule has 0 aliphatic carbocycles. The van der Waals surface area contributed by atoms with Crippen molar-refractivity contribution in [3.8, 4) is 44.8 Å². The molecule has 0 saturated carbocycles. The number of rotatable bonds is 4. The van der Waals surface area contributed by atoms with E-state index in [0.717, 1.165) is 22.5 Å². The van der Waals surface area contributed by atoms with Crippen LogP contribution in [0.15, 0.2) is 158 Å². The molecule has 1 heterocycles. The Labute approximate surface area is 244 Å². The summed E-state index contributed by atoms with van der Waals surface area (Å²) >= 11 is 0. The van der Waals surface area contributed by atoms with Crippen molar-refractivity contribution in [2.24, 2.45) is 0 Å². The third-order valence-electron chi connectivity index (χ3n) is 8.16. The summed E-state index contributed by atoms with van der Waals surface area (Å²) in [6.45, 7) is 0. The van der Waals surface area contributed by atoms with Crippen LogP contribution >= 0.6 is 0 Å². The first kappa shape index (κ1) is 24.2. The zero-order valence-corrected chi connectivity index (χ0v) is 22.9. The molecule has 0 atom stereocenters. The highest BCUT2D eigenvalue weighted by Gasteiger charge is 2.11. The van der Waals surface area contributed by atoms with E-state index in [9.17, 15) is 0 Å². The van der Waals surface area contributed by atoms with Crippen molar-refractivity contribution < 1.29 is 0 Å². The van der Waals surface area contributed by atoms with Crippen LogP contribution in [-0.2, 0) is 0 Å². The largest absolute Gasteiger partial charge is 0.236 e. The summed E-state index contributed by atoms with van der Waals surface area (Å²) in [5, 5.41) is 7.53. The highest BCUT2D eigenvalue weighted by molar-refractivity contribution is 6.13. The van der Waals surface area contributed by atoms with Gasteiger partial charge in [-0.05, 0) is 78.8 Å². The molecule has 0 bridgehead atoms. The van der Waals surface area contributed by atoms with Gasteiger partial charge in [0.05, 0.1) is 11.4 Å². The van der Waals surface area contributed by atoms with Gasteiger partial charge in [0.25, 0.3) is 0 Å². The Kier molecular flexibility index (Phi) is 5.82. The zero-order valence-electron chi connectivity index (χ0n) is 22.9. The van der Waals surface area contributed by atoms with Crippen molar-refractivity contribution in [2.75, 3.05) is 0 Å². The SMILES string of the molecule is c1cc(-c2cc(-c3cccc(-c4cc5ccccc5c5ccccc45)c3)ncn2)cc(-c2cccc3ccccc23)c1. The molecule has 0 amide bonds. The Morgan fingerprint density at radius 3 is 1.57 bits per heavy atom. The Hall–Kier alpha value is -5.60. The molecular weight excluding hydrogens is 508 g/mol. The first-order chi connectivity index (χ1) is 20.8. The average Bonchev–Trinajstić information content (AvgIpc) is 3.08. The smallest absolute Gasteiger partial charge is 0.116 e. The fourth-order valence-corrected chi connectivity index (χ4v) is 6.14. The van der Waals surface area contributed by atoms with Gasteiger partial charge in [0.1, 0.15) is 6.33 Å². The second kappa shape index (κ2) is 10.1. The van der Waals surface area contributed by atoms with Gasteiger partial charge in [-0.15, -0.1) is 0 Å². The fraction of sp³-hybridized carbons (Fsp3) is 0. The number of benzene rings is 7. The summed E-state index contributed by atoms with van der Waals surface area (Å²) in [6, 6.07) is 54.0. The molecule has 7 aromatic carbocycles. The Bertz CT molecular complexity index is 2260. The van der Waals surface area contributed by atoms with Gasteiger partial charge in [0.2, 0.25) is 0 Å². The van der Waals surface area contributed by atoms with Crippen LogP contribution in [0.3, 0.4) is 0 Å². The normalized spacial score (nSPS) is 11.3. The van der Waals surface area contributed by atoms with Crippen LogP contribution in [0.2, 0.25) is 0 Å². The molecule has 2 heteroatoms. The Morgan fingerprint density at radius 2 is 0.833 bits per heavy atom. The van der Waals surface area contributed by atoms with Crippen molar-refractivity contribution in [1.29, 1.82) is 0 Å². The molecule has 2 nitrogen and oxygen atoms in total. The van der Waals surface area contributed by atoms with E-state index in [-0.39, 0.29) is 0 Å². The minimum absolute atomic E-state index is 0.905. The van der Waals surface area contributed by atoms with Gasteiger partial charge in [-0.25, -0.2) is 9.97 Å². The predicted molar refractivity (Wildman–Crippen MR) is 176 cm³/mol. The van der Waals surface area contributed by atoms with E-state index in [0.29, 0.717) is 0 Å². The summed E-state index contributed by atoms with van der Waals surface area (Å²) in [4.78, 5) is 9.37. The number of aromatic nitrogens is 2. The number of hydrogen-bond acceptors (Lipinski definition) is 2. The summed E-state index contributed by atoms with van der Waals surface area (Å²) in [7, 11) is 0. The van der Waals surface area contributed by atoms with Gasteiger partial charge in [0.15, 0.2) is 0 Å². The minimum Gasteiger partial charge on any atom is -0.236 e. The van der Waals surface area contributed by atoms with Crippen molar-refractivity contribution in [1.82, 2.24) is 9.97 Å². The molecule has 0 aliphatic heterocycles. The third-order valence-corrected chi connectivity index (χ3v) is 8.16. The number of fused-ring (bicyclic) bond motifs is 4. The molecule has 0 spiro atoms. The van der Waals surface area contributed by atoms with Crippen LogP contribution in [0.25, 0.3) is 77.1 Å². The summed E-state index contributed by atoms with van der Waals surface area (Å²) in [5.74, 6) is 0. The Morgan fingerprint density at radius 1 is 0.310 bits per heavy atom. The molecule has 0 fully saturated rings. The standard InChI is InChI=1S/C40H26N2/c1-3-17-33-27(10-1)12-9-21-34(33)28-13-7-15-31(22-28)39-25-40(42-26-41-39)32-16-8-14-29(23-32)38-24-30-11-2-4-18-35(30)36-19-5-6-20-37(36)38/h1-26H. The van der Waals surface area contributed by atoms with Crippen LogP contribution in [0.5, 0.6) is 0 Å². The van der Waals surface area contributed by atoms with Gasteiger partial charge >= 0.3 is 0 Å². The second-order valence-corrected chi connectivity index (χ2v) is 10.7. The van der Waals surface area contributed by atoms with Gasteiger partial charge in [-0.1, -0.05) is 127 Å². The van der Waals surface area contributed by atoms with E-state index < -0.39 is 0 Å². The van der Waals surface area contributed by atoms with Crippen LogP contribution in [0.4, 0.5) is 0 Å². The molecular formula is C40H26N2. The quantitative estimate of drug-likeness (QED) is 0.210. The highest BCUT2D eigenvalue weighted by Crippen LogP contribution is 2.37. The highest BCUT2D eigenvalue weighted by atomic mass is 14.8. The molecule has 0 saturated heterocycles.